The molecule has 25 heavy (non-hydrogen) atoms. The third-order valence-electron chi connectivity index (χ3n) is 5.22. The van der Waals surface area contributed by atoms with E-state index in [0.29, 0.717) is 22.0 Å². The molecule has 0 amide bonds. The monoisotopic (exact) mass is 374 g/mol. The van der Waals surface area contributed by atoms with Gasteiger partial charge in [0.15, 0.2) is 0 Å². The molecule has 0 atom stereocenters. The number of ether oxygens (including phenoxy) is 1. The first-order chi connectivity index (χ1) is 11.8. The zero-order chi connectivity index (χ0) is 17.7. The lowest BCUT2D eigenvalue weighted by atomic mass is 9.73. The number of hydrogen-bond donors (Lipinski definition) is 0. The number of alkyl halides is 3. The summed E-state index contributed by atoms with van der Waals surface area (Å²) in [5.74, 6) is -1.07. The van der Waals surface area contributed by atoms with Crippen molar-refractivity contribution in [2.45, 2.75) is 36.9 Å². The zero-order valence-electron chi connectivity index (χ0n) is 14.1. The highest BCUT2D eigenvalue weighted by Gasteiger charge is 2.53. The highest BCUT2D eigenvalue weighted by molar-refractivity contribution is 7.97. The van der Waals surface area contributed by atoms with Crippen LogP contribution in [0.4, 0.5) is 13.2 Å². The largest absolute Gasteiger partial charge is 0.451 e. The smallest absolute Gasteiger partial charge is 0.381 e. The van der Waals surface area contributed by atoms with E-state index in [1.165, 1.54) is 18.1 Å². The van der Waals surface area contributed by atoms with Gasteiger partial charge in [-0.15, -0.1) is 0 Å². The van der Waals surface area contributed by atoms with Gasteiger partial charge in [-0.2, -0.15) is 13.2 Å². The molecule has 138 valence electrons. The zero-order valence-corrected chi connectivity index (χ0v) is 14.9. The minimum absolute atomic E-state index is 0.367. The molecule has 5 nitrogen and oxygen atoms in total. The number of likely N-dealkylation sites (tertiary alicyclic amines) is 1. The fourth-order valence-corrected chi connectivity index (χ4v) is 5.14. The lowest BCUT2D eigenvalue weighted by molar-refractivity contribution is -0.145. The summed E-state index contributed by atoms with van der Waals surface area (Å²) in [6.45, 7) is 7.52. The molecule has 3 aliphatic rings. The van der Waals surface area contributed by atoms with Crippen LogP contribution >= 0.6 is 11.9 Å². The van der Waals surface area contributed by atoms with E-state index in [4.69, 9.17) is 4.74 Å². The maximum Gasteiger partial charge on any atom is 0.451 e. The molecular weight excluding hydrogens is 353 g/mol. The summed E-state index contributed by atoms with van der Waals surface area (Å²) in [5, 5.41) is 0. The van der Waals surface area contributed by atoms with Gasteiger partial charge >= 0.3 is 6.18 Å². The predicted molar refractivity (Wildman–Crippen MR) is 87.0 cm³/mol. The molecule has 4 rings (SSSR count). The van der Waals surface area contributed by atoms with Crippen LogP contribution in [0.3, 0.4) is 0 Å². The molecule has 0 bridgehead atoms. The summed E-state index contributed by atoms with van der Waals surface area (Å²) in [4.78, 5) is 10.3. The van der Waals surface area contributed by atoms with Crippen molar-refractivity contribution in [2.75, 3.05) is 39.4 Å². The van der Waals surface area contributed by atoms with Crippen molar-refractivity contribution in [3.8, 4) is 0 Å². The molecule has 3 saturated heterocycles. The SMILES string of the molecule is Cc1nc(C(F)(F)F)ncc1SN1CC2(C1)CN(C1CCOCC1)C2. The molecule has 3 aliphatic heterocycles. The summed E-state index contributed by atoms with van der Waals surface area (Å²) in [6.07, 6.45) is -0.961. The fourth-order valence-electron chi connectivity index (χ4n) is 3.91. The van der Waals surface area contributed by atoms with Gasteiger partial charge in [0.05, 0.1) is 10.6 Å². The second-order valence-electron chi connectivity index (χ2n) is 7.28. The van der Waals surface area contributed by atoms with Gasteiger partial charge in [0, 0.05) is 57.0 Å². The van der Waals surface area contributed by atoms with Crippen LogP contribution in [0.1, 0.15) is 24.4 Å². The Morgan fingerprint density at radius 1 is 1.20 bits per heavy atom. The van der Waals surface area contributed by atoms with Crippen LogP contribution in [0.5, 0.6) is 0 Å². The van der Waals surface area contributed by atoms with Crippen LogP contribution in [-0.2, 0) is 10.9 Å². The first-order valence-electron chi connectivity index (χ1n) is 8.50. The molecule has 0 saturated carbocycles. The summed E-state index contributed by atoms with van der Waals surface area (Å²) < 4.78 is 45.5. The van der Waals surface area contributed by atoms with Crippen molar-refractivity contribution in [3.05, 3.63) is 17.7 Å². The molecule has 0 aromatic carbocycles. The molecule has 1 aromatic rings. The van der Waals surface area contributed by atoms with Crippen LogP contribution in [0.25, 0.3) is 0 Å². The molecular formula is C16H21F3N4OS. The molecule has 1 aromatic heterocycles. The van der Waals surface area contributed by atoms with Gasteiger partial charge in [0.25, 0.3) is 0 Å². The van der Waals surface area contributed by atoms with Crippen LogP contribution < -0.4 is 0 Å². The van der Waals surface area contributed by atoms with Crippen LogP contribution in [0, 0.1) is 12.3 Å². The summed E-state index contributed by atoms with van der Waals surface area (Å²) in [6, 6.07) is 0.659. The van der Waals surface area contributed by atoms with Gasteiger partial charge in [-0.1, -0.05) is 0 Å². The number of halogens is 3. The Hall–Kier alpha value is -0.900. The molecule has 0 radical (unpaired) electrons. The molecule has 0 N–H and O–H groups in total. The Morgan fingerprint density at radius 2 is 1.88 bits per heavy atom. The van der Waals surface area contributed by atoms with Crippen molar-refractivity contribution in [1.82, 2.24) is 19.2 Å². The Morgan fingerprint density at radius 3 is 2.48 bits per heavy atom. The minimum atomic E-state index is -4.49. The summed E-state index contributed by atoms with van der Waals surface area (Å²) in [7, 11) is 0. The number of rotatable bonds is 3. The molecule has 3 fully saturated rings. The maximum absolute atomic E-state index is 12.6. The van der Waals surface area contributed by atoms with Crippen LogP contribution in [0.2, 0.25) is 0 Å². The van der Waals surface area contributed by atoms with E-state index in [1.54, 1.807) is 6.92 Å². The Kier molecular flexibility index (Phi) is 4.46. The average molecular weight is 374 g/mol. The van der Waals surface area contributed by atoms with E-state index in [1.807, 2.05) is 0 Å². The van der Waals surface area contributed by atoms with E-state index < -0.39 is 12.0 Å². The van der Waals surface area contributed by atoms with E-state index in [0.717, 1.165) is 52.2 Å². The minimum Gasteiger partial charge on any atom is -0.381 e. The van der Waals surface area contributed by atoms with E-state index >= 15 is 0 Å². The van der Waals surface area contributed by atoms with Gasteiger partial charge in [0.2, 0.25) is 5.82 Å². The van der Waals surface area contributed by atoms with Crippen molar-refractivity contribution in [2.24, 2.45) is 5.41 Å². The first-order valence-corrected chi connectivity index (χ1v) is 9.28. The fraction of sp³-hybridized carbons (Fsp3) is 0.750. The highest BCUT2D eigenvalue weighted by Crippen LogP contribution is 2.46. The Balaban J connectivity index is 1.28. The van der Waals surface area contributed by atoms with E-state index in [2.05, 4.69) is 19.2 Å². The van der Waals surface area contributed by atoms with Gasteiger partial charge < -0.3 is 4.74 Å². The normalized spacial score (nSPS) is 25.0. The Bertz CT molecular complexity index is 637. The lowest BCUT2D eigenvalue weighted by Gasteiger charge is -2.62. The van der Waals surface area contributed by atoms with E-state index in [-0.39, 0.29) is 0 Å². The first kappa shape index (κ1) is 17.5. The molecule has 0 aliphatic carbocycles. The Labute approximate surface area is 149 Å². The van der Waals surface area contributed by atoms with Gasteiger partial charge in [-0.25, -0.2) is 14.3 Å². The third-order valence-corrected chi connectivity index (χ3v) is 6.34. The van der Waals surface area contributed by atoms with Gasteiger partial charge in [-0.05, 0) is 31.7 Å². The maximum atomic E-state index is 12.6. The number of aromatic nitrogens is 2. The summed E-state index contributed by atoms with van der Waals surface area (Å²) >= 11 is 1.47. The van der Waals surface area contributed by atoms with Gasteiger partial charge in [-0.3, -0.25) is 4.90 Å². The van der Waals surface area contributed by atoms with Crippen molar-refractivity contribution >= 4 is 11.9 Å². The number of aryl methyl sites for hydroxylation is 1. The van der Waals surface area contributed by atoms with Crippen molar-refractivity contribution in [3.63, 3.8) is 0 Å². The summed E-state index contributed by atoms with van der Waals surface area (Å²) in [5.41, 5.74) is 0.747. The quantitative estimate of drug-likeness (QED) is 0.758. The lowest BCUT2D eigenvalue weighted by Crippen LogP contribution is -2.72. The van der Waals surface area contributed by atoms with Gasteiger partial charge in [0.1, 0.15) is 0 Å². The average Bonchev–Trinajstić information content (AvgIpc) is 2.49. The van der Waals surface area contributed by atoms with Crippen LogP contribution in [-0.4, -0.2) is 64.6 Å². The van der Waals surface area contributed by atoms with Crippen LogP contribution in [0.15, 0.2) is 11.1 Å². The molecule has 1 spiro atoms. The molecule has 4 heterocycles. The predicted octanol–water partition coefficient (Wildman–Crippen LogP) is 2.61. The highest BCUT2D eigenvalue weighted by atomic mass is 32.2. The molecule has 0 unspecified atom stereocenters. The second-order valence-corrected chi connectivity index (χ2v) is 8.42. The topological polar surface area (TPSA) is 41.5 Å². The van der Waals surface area contributed by atoms with Crippen molar-refractivity contribution < 1.29 is 17.9 Å². The van der Waals surface area contributed by atoms with E-state index in [9.17, 15) is 13.2 Å². The number of nitrogens with zero attached hydrogens (tertiary/aromatic N) is 4. The second kappa shape index (κ2) is 6.37. The number of hydrogen-bond acceptors (Lipinski definition) is 6. The molecule has 9 heteroatoms. The van der Waals surface area contributed by atoms with Crippen molar-refractivity contribution in [1.29, 1.82) is 0 Å². The third kappa shape index (κ3) is 3.51. The standard InChI is InChI=1S/C16H21F3N4OS/c1-11-13(6-20-14(21-11)16(17,18)19)25-23-9-15(10-23)7-22(8-15)12-2-4-24-5-3-12/h6,12H,2-5,7-10H2,1H3.